The van der Waals surface area contributed by atoms with E-state index in [1.165, 1.54) is 11.8 Å². The van der Waals surface area contributed by atoms with Crippen molar-refractivity contribution in [2.24, 2.45) is 0 Å². The van der Waals surface area contributed by atoms with Crippen LogP contribution >= 0.6 is 24.0 Å². The molecule has 2 aliphatic rings. The lowest BCUT2D eigenvalue weighted by atomic mass is 10.0. The number of ether oxygens (including phenoxy) is 1. The number of carbonyl (C=O) groups is 1. The molecule has 1 amide bonds. The number of phenols is 1. The molecule has 0 aromatic heterocycles. The minimum atomic E-state index is -0.604. The van der Waals surface area contributed by atoms with Crippen LogP contribution < -0.4 is 20.3 Å². The molecule has 0 unspecified atom stereocenters. The molecule has 0 spiro atoms. The first kappa shape index (κ1) is 23.6. The fourth-order valence-electron chi connectivity index (χ4n) is 3.79. The highest BCUT2D eigenvalue weighted by molar-refractivity contribution is 8.26. The number of rotatable bonds is 8. The molecule has 0 bridgehead atoms. The van der Waals surface area contributed by atoms with E-state index >= 15 is 0 Å². The minimum Gasteiger partial charge on any atom is -0.508 e. The average Bonchev–Trinajstić information content (AvgIpc) is 3.14. The second-order valence-corrected chi connectivity index (χ2v) is 9.79. The lowest BCUT2D eigenvalue weighted by molar-refractivity contribution is -0.115. The molecule has 7 nitrogen and oxygen atoms in total. The molecule has 4 N–H and O–H groups in total. The van der Waals surface area contributed by atoms with Crippen molar-refractivity contribution >= 4 is 46.0 Å². The predicted octanol–water partition coefficient (Wildman–Crippen LogP) is 2.88. The third kappa shape index (κ3) is 6.70. The van der Waals surface area contributed by atoms with Crippen LogP contribution in [-0.2, 0) is 4.79 Å². The van der Waals surface area contributed by atoms with E-state index in [1.54, 1.807) is 24.3 Å². The summed E-state index contributed by atoms with van der Waals surface area (Å²) in [5.74, 6) is 0.670. The number of piperidine rings is 1. The number of anilines is 1. The lowest BCUT2D eigenvalue weighted by Crippen LogP contribution is -2.45. The molecule has 1 atom stereocenters. The summed E-state index contributed by atoms with van der Waals surface area (Å²) < 4.78 is 6.05. The molecule has 0 saturated carbocycles. The van der Waals surface area contributed by atoms with Gasteiger partial charge in [0.2, 0.25) is 0 Å². The van der Waals surface area contributed by atoms with Crippen molar-refractivity contribution in [3.05, 3.63) is 59.0 Å². The number of nitrogens with zero attached hydrogens (tertiary/aromatic N) is 1. The molecule has 2 fully saturated rings. The van der Waals surface area contributed by atoms with E-state index in [9.17, 15) is 15.0 Å². The Morgan fingerprint density at radius 3 is 2.52 bits per heavy atom. The zero-order valence-electron chi connectivity index (χ0n) is 18.1. The second kappa shape index (κ2) is 11.0. The number of aliphatic hydroxyl groups excluding tert-OH is 1. The summed E-state index contributed by atoms with van der Waals surface area (Å²) in [6.45, 7) is 2.54. The monoisotopic (exact) mass is 485 g/mol. The molecule has 2 heterocycles. The molecular weight excluding hydrogens is 458 g/mol. The molecule has 33 heavy (non-hydrogen) atoms. The van der Waals surface area contributed by atoms with Gasteiger partial charge < -0.3 is 30.5 Å². The van der Waals surface area contributed by atoms with Gasteiger partial charge in [-0.05, 0) is 60.9 Å². The molecule has 0 radical (unpaired) electrons. The van der Waals surface area contributed by atoms with Crippen LogP contribution in [0.1, 0.15) is 18.4 Å². The third-order valence-electron chi connectivity index (χ3n) is 5.61. The third-order valence-corrected chi connectivity index (χ3v) is 6.78. The second-order valence-electron chi connectivity index (χ2n) is 8.07. The number of amides is 1. The molecule has 2 saturated heterocycles. The van der Waals surface area contributed by atoms with Gasteiger partial charge in [0.15, 0.2) is 0 Å². The Morgan fingerprint density at radius 1 is 1.18 bits per heavy atom. The summed E-state index contributed by atoms with van der Waals surface area (Å²) in [7, 11) is 0. The van der Waals surface area contributed by atoms with Crippen molar-refractivity contribution in [3.63, 3.8) is 0 Å². The van der Waals surface area contributed by atoms with Crippen LogP contribution in [0.2, 0.25) is 0 Å². The fraction of sp³-hybridized carbons (Fsp3) is 0.333. The Kier molecular flexibility index (Phi) is 7.87. The van der Waals surface area contributed by atoms with E-state index in [1.807, 2.05) is 18.2 Å². The summed E-state index contributed by atoms with van der Waals surface area (Å²) in [6.07, 6.45) is 3.24. The molecule has 4 rings (SSSR count). The number of nitrogens with one attached hydrogen (secondary N) is 2. The number of phenolic OH excluding ortho intramolecular Hbond substituents is 1. The molecular formula is C24H27N3O4S2. The van der Waals surface area contributed by atoms with Crippen LogP contribution in [0.4, 0.5) is 5.69 Å². The number of carbonyl (C=O) groups excluding carboxylic acids is 1. The van der Waals surface area contributed by atoms with Crippen LogP contribution in [0.5, 0.6) is 11.5 Å². The van der Waals surface area contributed by atoms with Gasteiger partial charge >= 0.3 is 0 Å². The van der Waals surface area contributed by atoms with Gasteiger partial charge in [-0.1, -0.05) is 36.1 Å². The van der Waals surface area contributed by atoms with Crippen molar-refractivity contribution in [2.45, 2.75) is 25.0 Å². The average molecular weight is 486 g/mol. The van der Waals surface area contributed by atoms with Crippen LogP contribution in [0.25, 0.3) is 6.08 Å². The van der Waals surface area contributed by atoms with Crippen molar-refractivity contribution in [1.29, 1.82) is 0 Å². The molecule has 0 aliphatic carbocycles. The fourth-order valence-corrected chi connectivity index (χ4v) is 4.84. The van der Waals surface area contributed by atoms with Gasteiger partial charge in [0.1, 0.15) is 28.5 Å². The maximum absolute atomic E-state index is 11.8. The summed E-state index contributed by atoms with van der Waals surface area (Å²) in [6, 6.07) is 15.0. The summed E-state index contributed by atoms with van der Waals surface area (Å²) in [5.41, 5.74) is 2.14. The number of thioether (sulfide) groups is 1. The Balaban J connectivity index is 1.19. The van der Waals surface area contributed by atoms with Crippen molar-refractivity contribution < 1.29 is 19.7 Å². The van der Waals surface area contributed by atoms with Gasteiger partial charge in [-0.3, -0.25) is 4.79 Å². The van der Waals surface area contributed by atoms with Gasteiger partial charge in [-0.15, -0.1) is 0 Å². The van der Waals surface area contributed by atoms with E-state index in [0.717, 1.165) is 37.2 Å². The van der Waals surface area contributed by atoms with Gasteiger partial charge in [0.25, 0.3) is 5.91 Å². The molecule has 9 heteroatoms. The van der Waals surface area contributed by atoms with Gasteiger partial charge in [0.05, 0.1) is 4.91 Å². The van der Waals surface area contributed by atoms with Crippen LogP contribution in [-0.4, -0.2) is 58.8 Å². The van der Waals surface area contributed by atoms with Gasteiger partial charge in [0, 0.05) is 31.4 Å². The number of thiocarbonyl (C=S) groups is 1. The number of benzene rings is 2. The van der Waals surface area contributed by atoms with Crippen LogP contribution in [0, 0.1) is 0 Å². The van der Waals surface area contributed by atoms with Crippen molar-refractivity contribution in [1.82, 2.24) is 10.6 Å². The first-order valence-electron chi connectivity index (χ1n) is 10.9. The summed E-state index contributed by atoms with van der Waals surface area (Å²) in [4.78, 5) is 14.8. The highest BCUT2D eigenvalue weighted by Gasteiger charge is 2.22. The Labute approximate surface area is 202 Å². The Bertz CT molecular complexity index is 1000. The lowest BCUT2D eigenvalue weighted by Gasteiger charge is -2.34. The highest BCUT2D eigenvalue weighted by atomic mass is 32.2. The van der Waals surface area contributed by atoms with Gasteiger partial charge in [-0.25, -0.2) is 0 Å². The molecule has 2 aliphatic heterocycles. The van der Waals surface area contributed by atoms with Crippen LogP contribution in [0.15, 0.2) is 53.4 Å². The zero-order chi connectivity index (χ0) is 23.2. The normalized spacial score (nSPS) is 19.1. The van der Waals surface area contributed by atoms with E-state index < -0.39 is 6.10 Å². The molecule has 174 valence electrons. The SMILES string of the molecule is O=C1NC(=S)S/C1=C/c1ccc(N2CCC(NC[C@H](O)COc3ccc(O)cc3)CC2)cc1. The molecule has 2 aromatic rings. The smallest absolute Gasteiger partial charge is 0.263 e. The minimum absolute atomic E-state index is 0.138. The number of hydrogen-bond acceptors (Lipinski definition) is 8. The van der Waals surface area contributed by atoms with E-state index in [-0.39, 0.29) is 18.3 Å². The zero-order valence-corrected chi connectivity index (χ0v) is 19.7. The Morgan fingerprint density at radius 2 is 1.88 bits per heavy atom. The first-order valence-corrected chi connectivity index (χ1v) is 12.1. The highest BCUT2D eigenvalue weighted by Crippen LogP contribution is 2.27. The first-order chi connectivity index (χ1) is 16.0. The predicted molar refractivity (Wildman–Crippen MR) is 136 cm³/mol. The van der Waals surface area contributed by atoms with E-state index in [0.29, 0.717) is 27.6 Å². The standard InChI is InChI=1S/C24H27N3O4S2/c28-19-5-7-21(8-6-19)31-15-20(29)14-25-17-9-11-27(12-10-17)18-3-1-16(2-4-18)13-22-23(30)26-24(32)33-22/h1-8,13,17,20,25,28-29H,9-12,14-15H2,(H,26,30,32)/b22-13+/t20-/m0/s1. The quantitative estimate of drug-likeness (QED) is 0.335. The maximum atomic E-state index is 11.8. The van der Waals surface area contributed by atoms with Crippen molar-refractivity contribution in [2.75, 3.05) is 31.1 Å². The van der Waals surface area contributed by atoms with E-state index in [2.05, 4.69) is 27.7 Å². The number of aliphatic hydroxyl groups is 1. The molecule has 2 aromatic carbocycles. The summed E-state index contributed by atoms with van der Waals surface area (Å²) in [5, 5.41) is 25.6. The number of aromatic hydroxyl groups is 1. The van der Waals surface area contributed by atoms with E-state index in [4.69, 9.17) is 17.0 Å². The van der Waals surface area contributed by atoms with Gasteiger partial charge in [-0.2, -0.15) is 0 Å². The van der Waals surface area contributed by atoms with Crippen molar-refractivity contribution in [3.8, 4) is 11.5 Å². The summed E-state index contributed by atoms with van der Waals surface area (Å²) >= 11 is 6.32. The van der Waals surface area contributed by atoms with Crippen LogP contribution in [0.3, 0.4) is 0 Å². The largest absolute Gasteiger partial charge is 0.508 e. The topological polar surface area (TPSA) is 94.1 Å². The Hall–Kier alpha value is -2.59. The maximum Gasteiger partial charge on any atom is 0.263 e. The number of hydrogen-bond donors (Lipinski definition) is 4.